The summed E-state index contributed by atoms with van der Waals surface area (Å²) in [5.41, 5.74) is 0.681. The van der Waals surface area contributed by atoms with Crippen molar-refractivity contribution >= 4 is 11.7 Å². The van der Waals surface area contributed by atoms with Crippen molar-refractivity contribution in [1.82, 2.24) is 4.90 Å². The third kappa shape index (κ3) is 4.90. The van der Waals surface area contributed by atoms with Crippen molar-refractivity contribution in [2.45, 2.75) is 31.7 Å². The topological polar surface area (TPSA) is 61.8 Å². The summed E-state index contributed by atoms with van der Waals surface area (Å²) in [5, 5.41) is 12.1. The van der Waals surface area contributed by atoms with Crippen LogP contribution >= 0.6 is 0 Å². The Hall–Kier alpha value is -2.19. The number of urea groups is 1. The molecule has 124 valence electrons. The minimum atomic E-state index is -0.133. The highest BCUT2D eigenvalue weighted by molar-refractivity contribution is 5.89. The number of aliphatic hydroxyl groups is 1. The SMILES string of the molecule is C#CCOc1cccc(NC(=O)N(C)C2CCC(CO)CC2)c1. The molecule has 0 aliphatic heterocycles. The number of amides is 2. The van der Waals surface area contributed by atoms with E-state index in [9.17, 15) is 9.90 Å². The zero-order valence-corrected chi connectivity index (χ0v) is 13.5. The smallest absolute Gasteiger partial charge is 0.321 e. The molecule has 0 spiro atoms. The van der Waals surface area contributed by atoms with E-state index >= 15 is 0 Å². The normalized spacial score (nSPS) is 20.4. The van der Waals surface area contributed by atoms with Crippen LogP contribution in [0, 0.1) is 18.3 Å². The van der Waals surface area contributed by atoms with E-state index in [2.05, 4.69) is 11.2 Å². The van der Waals surface area contributed by atoms with Crippen LogP contribution in [-0.2, 0) is 0 Å². The number of rotatable bonds is 5. The van der Waals surface area contributed by atoms with E-state index in [0.717, 1.165) is 25.7 Å². The highest BCUT2D eigenvalue weighted by Crippen LogP contribution is 2.27. The van der Waals surface area contributed by atoms with Gasteiger partial charge in [0, 0.05) is 31.5 Å². The molecular formula is C18H24N2O3. The zero-order valence-electron chi connectivity index (χ0n) is 13.5. The van der Waals surface area contributed by atoms with E-state index in [0.29, 0.717) is 17.4 Å². The maximum Gasteiger partial charge on any atom is 0.321 e. The molecule has 0 bridgehead atoms. The van der Waals surface area contributed by atoms with Gasteiger partial charge >= 0.3 is 6.03 Å². The number of ether oxygens (including phenoxy) is 1. The summed E-state index contributed by atoms with van der Waals surface area (Å²) < 4.78 is 5.35. The Balaban J connectivity index is 1.90. The van der Waals surface area contributed by atoms with E-state index < -0.39 is 0 Å². The molecule has 1 aromatic rings. The summed E-state index contributed by atoms with van der Waals surface area (Å²) in [4.78, 5) is 14.1. The molecule has 2 N–H and O–H groups in total. The first-order valence-corrected chi connectivity index (χ1v) is 7.95. The number of terminal acetylenes is 1. The van der Waals surface area contributed by atoms with Gasteiger partial charge in [-0.3, -0.25) is 0 Å². The van der Waals surface area contributed by atoms with Gasteiger partial charge in [-0.1, -0.05) is 12.0 Å². The van der Waals surface area contributed by atoms with Crippen molar-refractivity contribution in [2.24, 2.45) is 5.92 Å². The molecule has 0 saturated heterocycles. The third-order valence-corrected chi connectivity index (χ3v) is 4.35. The van der Waals surface area contributed by atoms with Crippen molar-refractivity contribution in [3.8, 4) is 18.1 Å². The summed E-state index contributed by atoms with van der Waals surface area (Å²) in [6.07, 6.45) is 8.97. The molecule has 2 amide bonds. The fourth-order valence-corrected chi connectivity index (χ4v) is 2.88. The lowest BCUT2D eigenvalue weighted by atomic mass is 9.86. The van der Waals surface area contributed by atoms with Crippen LogP contribution in [0.5, 0.6) is 5.75 Å². The monoisotopic (exact) mass is 316 g/mol. The van der Waals surface area contributed by atoms with Crippen LogP contribution in [-0.4, -0.2) is 42.3 Å². The molecule has 1 fully saturated rings. The third-order valence-electron chi connectivity index (χ3n) is 4.35. The van der Waals surface area contributed by atoms with E-state index in [1.165, 1.54) is 0 Å². The minimum Gasteiger partial charge on any atom is -0.481 e. The zero-order chi connectivity index (χ0) is 16.7. The molecule has 1 aromatic carbocycles. The van der Waals surface area contributed by atoms with Crippen LogP contribution in [0.15, 0.2) is 24.3 Å². The molecule has 1 aliphatic rings. The van der Waals surface area contributed by atoms with Crippen molar-refractivity contribution < 1.29 is 14.6 Å². The maximum absolute atomic E-state index is 12.4. The van der Waals surface area contributed by atoms with Crippen LogP contribution in [0.3, 0.4) is 0 Å². The molecule has 0 atom stereocenters. The molecule has 0 aromatic heterocycles. The van der Waals surface area contributed by atoms with Crippen LogP contribution in [0.4, 0.5) is 10.5 Å². The lowest BCUT2D eigenvalue weighted by Crippen LogP contribution is -2.42. The number of hydrogen-bond donors (Lipinski definition) is 2. The Morgan fingerprint density at radius 3 is 2.83 bits per heavy atom. The molecule has 1 aliphatic carbocycles. The minimum absolute atomic E-state index is 0.133. The van der Waals surface area contributed by atoms with Gasteiger partial charge in [0.05, 0.1) is 0 Å². The van der Waals surface area contributed by atoms with Gasteiger partial charge in [0.1, 0.15) is 12.4 Å². The van der Waals surface area contributed by atoms with Crippen LogP contribution in [0.1, 0.15) is 25.7 Å². The number of nitrogens with one attached hydrogen (secondary N) is 1. The Morgan fingerprint density at radius 2 is 2.17 bits per heavy atom. The average Bonchev–Trinajstić information content (AvgIpc) is 2.59. The van der Waals surface area contributed by atoms with Gasteiger partial charge in [-0.25, -0.2) is 4.79 Å². The van der Waals surface area contributed by atoms with Gasteiger partial charge in [-0.2, -0.15) is 0 Å². The molecule has 0 heterocycles. The lowest BCUT2D eigenvalue weighted by molar-refractivity contribution is 0.139. The quantitative estimate of drug-likeness (QED) is 0.821. The fraction of sp³-hybridized carbons (Fsp3) is 0.500. The van der Waals surface area contributed by atoms with Gasteiger partial charge in [-0.15, -0.1) is 6.42 Å². The van der Waals surface area contributed by atoms with Crippen molar-refractivity contribution in [1.29, 1.82) is 0 Å². The predicted octanol–water partition coefficient (Wildman–Crippen LogP) is 2.71. The number of anilines is 1. The predicted molar refractivity (Wildman–Crippen MR) is 90.4 cm³/mol. The molecule has 5 nitrogen and oxygen atoms in total. The summed E-state index contributed by atoms with van der Waals surface area (Å²) in [5.74, 6) is 3.42. The molecule has 0 radical (unpaired) electrons. The first-order chi connectivity index (χ1) is 11.1. The Bertz CT molecular complexity index is 560. The van der Waals surface area contributed by atoms with Gasteiger partial charge in [0.15, 0.2) is 0 Å². The number of benzene rings is 1. The second-order valence-corrected chi connectivity index (χ2v) is 5.92. The van der Waals surface area contributed by atoms with Crippen LogP contribution in [0.25, 0.3) is 0 Å². The summed E-state index contributed by atoms with van der Waals surface area (Å²) in [6, 6.07) is 7.27. The molecule has 23 heavy (non-hydrogen) atoms. The molecule has 2 rings (SSSR count). The van der Waals surface area contributed by atoms with Gasteiger partial charge in [0.2, 0.25) is 0 Å². The Morgan fingerprint density at radius 1 is 1.43 bits per heavy atom. The lowest BCUT2D eigenvalue weighted by Gasteiger charge is -2.34. The standard InChI is InChI=1S/C18H24N2O3/c1-3-11-23-17-6-4-5-15(12-17)19-18(22)20(2)16-9-7-14(13-21)8-10-16/h1,4-6,12,14,16,21H,7-11,13H2,2H3,(H,19,22). The number of aliphatic hydroxyl groups excluding tert-OH is 1. The maximum atomic E-state index is 12.4. The Labute approximate surface area is 137 Å². The van der Waals surface area contributed by atoms with Crippen molar-refractivity contribution in [2.75, 3.05) is 25.6 Å². The summed E-state index contributed by atoms with van der Waals surface area (Å²) in [6.45, 7) is 0.443. The van der Waals surface area contributed by atoms with Crippen molar-refractivity contribution in [3.63, 3.8) is 0 Å². The van der Waals surface area contributed by atoms with E-state index in [-0.39, 0.29) is 25.3 Å². The number of carbonyl (C=O) groups is 1. The van der Waals surface area contributed by atoms with Crippen LogP contribution < -0.4 is 10.1 Å². The first-order valence-electron chi connectivity index (χ1n) is 7.95. The average molecular weight is 316 g/mol. The molecule has 0 unspecified atom stereocenters. The molecule has 1 saturated carbocycles. The molecular weight excluding hydrogens is 292 g/mol. The second kappa shape index (κ2) is 8.44. The summed E-state index contributed by atoms with van der Waals surface area (Å²) >= 11 is 0. The van der Waals surface area contributed by atoms with Gasteiger partial charge in [0.25, 0.3) is 0 Å². The van der Waals surface area contributed by atoms with Crippen LogP contribution in [0.2, 0.25) is 0 Å². The van der Waals surface area contributed by atoms with E-state index in [1.807, 2.05) is 19.2 Å². The highest BCUT2D eigenvalue weighted by atomic mass is 16.5. The van der Waals surface area contributed by atoms with Gasteiger partial charge < -0.3 is 20.1 Å². The number of nitrogens with zero attached hydrogens (tertiary/aromatic N) is 1. The summed E-state index contributed by atoms with van der Waals surface area (Å²) in [7, 11) is 1.82. The number of carbonyl (C=O) groups excluding carboxylic acids is 1. The van der Waals surface area contributed by atoms with E-state index in [4.69, 9.17) is 11.2 Å². The second-order valence-electron chi connectivity index (χ2n) is 5.92. The number of hydrogen-bond acceptors (Lipinski definition) is 3. The fourth-order valence-electron chi connectivity index (χ4n) is 2.88. The largest absolute Gasteiger partial charge is 0.481 e. The Kier molecular flexibility index (Phi) is 6.30. The highest BCUT2D eigenvalue weighted by Gasteiger charge is 2.26. The van der Waals surface area contributed by atoms with Gasteiger partial charge in [-0.05, 0) is 43.7 Å². The first kappa shape index (κ1) is 17.2. The molecule has 5 heteroatoms. The van der Waals surface area contributed by atoms with E-state index in [1.54, 1.807) is 17.0 Å². The van der Waals surface area contributed by atoms with Crippen molar-refractivity contribution in [3.05, 3.63) is 24.3 Å².